The Morgan fingerprint density at radius 3 is 1.50 bits per heavy atom. The third-order valence-corrected chi connectivity index (χ3v) is 9.31. The molecule has 0 aliphatic heterocycles. The Hall–Kier alpha value is -6.38. The molecule has 1 aromatic heterocycles. The quantitative estimate of drug-likeness (QED) is 0.194. The van der Waals surface area contributed by atoms with Crippen molar-refractivity contribution in [1.82, 2.24) is 9.97 Å². The monoisotopic (exact) mass is 610 g/mol. The summed E-state index contributed by atoms with van der Waals surface area (Å²) in [6.45, 7) is 0. The molecule has 9 rings (SSSR count). The molecule has 8 aromatic carbocycles. The van der Waals surface area contributed by atoms with Crippen LogP contribution in [0.2, 0.25) is 0 Å². The van der Waals surface area contributed by atoms with Crippen molar-refractivity contribution >= 4 is 32.3 Å². The maximum atomic E-state index is 5.26. The Bertz CT molecular complexity index is 2600. The summed E-state index contributed by atoms with van der Waals surface area (Å²) in [5, 5.41) is 7.25. The van der Waals surface area contributed by atoms with E-state index in [2.05, 4.69) is 164 Å². The average Bonchev–Trinajstić information content (AvgIpc) is 3.17. The van der Waals surface area contributed by atoms with Crippen LogP contribution >= 0.6 is 0 Å². The second kappa shape index (κ2) is 11.8. The number of hydrogen-bond acceptors (Lipinski definition) is 2. The van der Waals surface area contributed by atoms with Crippen LogP contribution in [-0.4, -0.2) is 9.97 Å². The van der Waals surface area contributed by atoms with Gasteiger partial charge in [0.1, 0.15) is 0 Å². The second-order valence-corrected chi connectivity index (χ2v) is 12.1. The van der Waals surface area contributed by atoms with E-state index in [-0.39, 0.29) is 0 Å². The molecule has 1 heterocycles. The van der Waals surface area contributed by atoms with E-state index < -0.39 is 0 Å². The van der Waals surface area contributed by atoms with Crippen molar-refractivity contribution in [2.24, 2.45) is 0 Å². The van der Waals surface area contributed by atoms with Crippen molar-refractivity contribution in [2.75, 3.05) is 0 Å². The molecule has 2 heteroatoms. The Labute approximate surface area is 279 Å². The third-order valence-electron chi connectivity index (χ3n) is 9.31. The van der Waals surface area contributed by atoms with E-state index in [1.807, 2.05) is 18.2 Å². The smallest absolute Gasteiger partial charge is 0.160 e. The summed E-state index contributed by atoms with van der Waals surface area (Å²) >= 11 is 0. The van der Waals surface area contributed by atoms with Gasteiger partial charge in [-0.25, -0.2) is 9.97 Å². The van der Waals surface area contributed by atoms with Crippen LogP contribution in [0.4, 0.5) is 0 Å². The lowest BCUT2D eigenvalue weighted by molar-refractivity contribution is 1.19. The lowest BCUT2D eigenvalue weighted by Crippen LogP contribution is -1.98. The maximum absolute atomic E-state index is 5.26. The molecule has 0 amide bonds. The fourth-order valence-corrected chi connectivity index (χ4v) is 7.06. The first-order chi connectivity index (χ1) is 23.8. The molecule has 0 saturated heterocycles. The van der Waals surface area contributed by atoms with Crippen LogP contribution in [-0.2, 0) is 0 Å². The summed E-state index contributed by atoms with van der Waals surface area (Å²) in [7, 11) is 0. The van der Waals surface area contributed by atoms with Crippen molar-refractivity contribution in [2.45, 2.75) is 0 Å². The van der Waals surface area contributed by atoms with Gasteiger partial charge in [-0.1, -0.05) is 176 Å². The van der Waals surface area contributed by atoms with E-state index in [4.69, 9.17) is 9.97 Å². The third kappa shape index (κ3) is 4.83. The van der Waals surface area contributed by atoms with Gasteiger partial charge in [0.05, 0.1) is 11.4 Å². The van der Waals surface area contributed by atoms with Crippen LogP contribution in [0.3, 0.4) is 0 Å². The second-order valence-electron chi connectivity index (χ2n) is 12.1. The zero-order valence-corrected chi connectivity index (χ0v) is 26.2. The molecule has 9 aromatic rings. The lowest BCUT2D eigenvalue weighted by Gasteiger charge is -2.17. The van der Waals surface area contributed by atoms with Crippen LogP contribution in [0.5, 0.6) is 0 Å². The first-order valence-electron chi connectivity index (χ1n) is 16.3. The minimum absolute atomic E-state index is 0.706. The van der Waals surface area contributed by atoms with Crippen LogP contribution in [0.15, 0.2) is 182 Å². The zero-order chi connectivity index (χ0) is 31.9. The number of hydrogen-bond donors (Lipinski definition) is 0. The van der Waals surface area contributed by atoms with E-state index in [9.17, 15) is 0 Å². The number of fused-ring (bicyclic) bond motifs is 3. The van der Waals surface area contributed by atoms with Crippen molar-refractivity contribution in [3.8, 4) is 56.2 Å². The van der Waals surface area contributed by atoms with E-state index in [0.29, 0.717) is 5.82 Å². The molecular weight excluding hydrogens is 581 g/mol. The summed E-state index contributed by atoms with van der Waals surface area (Å²) < 4.78 is 0. The number of rotatable bonds is 5. The van der Waals surface area contributed by atoms with E-state index in [1.165, 1.54) is 43.6 Å². The summed E-state index contributed by atoms with van der Waals surface area (Å²) in [6.07, 6.45) is 0. The highest BCUT2D eigenvalue weighted by molar-refractivity contribution is 6.10. The standard InChI is InChI=1S/C46H30N2/c1-3-16-33(17-4-1)45-36-22-10-8-15-32(36)26-27-42(45)44-30-43(47-46(48-44)34-18-5-2-6-19-34)41-29-28-40(38-23-11-12-24-39(38)41)37-25-13-20-31-14-7-9-21-35(31)37/h1-30H. The molecule has 2 nitrogen and oxygen atoms in total. The van der Waals surface area contributed by atoms with Crippen LogP contribution in [0.1, 0.15) is 0 Å². The minimum Gasteiger partial charge on any atom is -0.228 e. The van der Waals surface area contributed by atoms with Crippen molar-refractivity contribution in [1.29, 1.82) is 0 Å². The van der Waals surface area contributed by atoms with E-state index in [0.717, 1.165) is 39.0 Å². The van der Waals surface area contributed by atoms with Crippen LogP contribution in [0, 0.1) is 0 Å². The average molecular weight is 611 g/mol. The SMILES string of the molecule is c1ccc(-c2nc(-c3ccc4ccccc4c3-c3ccccc3)cc(-c3ccc(-c4cccc5ccccc45)c4ccccc34)n2)cc1. The predicted octanol–water partition coefficient (Wildman–Crippen LogP) is 12.3. The highest BCUT2D eigenvalue weighted by atomic mass is 14.9. The highest BCUT2D eigenvalue weighted by Gasteiger charge is 2.18. The fraction of sp³-hybridized carbons (Fsp3) is 0. The first kappa shape index (κ1) is 27.9. The zero-order valence-electron chi connectivity index (χ0n) is 26.2. The van der Waals surface area contributed by atoms with Gasteiger partial charge < -0.3 is 0 Å². The van der Waals surface area contributed by atoms with Crippen LogP contribution in [0.25, 0.3) is 88.5 Å². The fourth-order valence-electron chi connectivity index (χ4n) is 7.06. The summed E-state index contributed by atoms with van der Waals surface area (Å²) in [5.74, 6) is 0.706. The van der Waals surface area contributed by atoms with Gasteiger partial charge in [-0.2, -0.15) is 0 Å². The van der Waals surface area contributed by atoms with E-state index in [1.54, 1.807) is 0 Å². The number of aromatic nitrogens is 2. The Kier molecular flexibility index (Phi) is 6.84. The molecular formula is C46H30N2. The molecule has 0 saturated carbocycles. The van der Waals surface area contributed by atoms with Gasteiger partial charge in [-0.05, 0) is 60.6 Å². The minimum atomic E-state index is 0.706. The van der Waals surface area contributed by atoms with Gasteiger partial charge in [-0.15, -0.1) is 0 Å². The summed E-state index contributed by atoms with van der Waals surface area (Å²) in [4.78, 5) is 10.5. The summed E-state index contributed by atoms with van der Waals surface area (Å²) in [5.41, 5.74) is 9.72. The molecule has 0 bridgehead atoms. The Morgan fingerprint density at radius 2 is 0.771 bits per heavy atom. The number of benzene rings is 8. The molecule has 0 aliphatic carbocycles. The molecule has 0 aliphatic rings. The van der Waals surface area contributed by atoms with Crippen molar-refractivity contribution in [3.05, 3.63) is 182 Å². The normalized spacial score (nSPS) is 11.3. The van der Waals surface area contributed by atoms with Crippen molar-refractivity contribution < 1.29 is 0 Å². The molecule has 0 radical (unpaired) electrons. The van der Waals surface area contributed by atoms with Crippen molar-refractivity contribution in [3.63, 3.8) is 0 Å². The molecule has 48 heavy (non-hydrogen) atoms. The first-order valence-corrected chi connectivity index (χ1v) is 16.3. The molecule has 0 fully saturated rings. The van der Waals surface area contributed by atoms with Gasteiger partial charge in [0.15, 0.2) is 5.82 Å². The number of nitrogens with zero attached hydrogens (tertiary/aromatic N) is 2. The molecule has 0 spiro atoms. The largest absolute Gasteiger partial charge is 0.228 e. The topological polar surface area (TPSA) is 25.8 Å². The van der Waals surface area contributed by atoms with Crippen LogP contribution < -0.4 is 0 Å². The molecule has 0 N–H and O–H groups in total. The van der Waals surface area contributed by atoms with Gasteiger partial charge in [0.2, 0.25) is 0 Å². The van der Waals surface area contributed by atoms with Gasteiger partial charge in [-0.3, -0.25) is 0 Å². The molecule has 0 unspecified atom stereocenters. The summed E-state index contributed by atoms with van der Waals surface area (Å²) in [6, 6.07) is 64.5. The van der Waals surface area contributed by atoms with Gasteiger partial charge in [0, 0.05) is 16.7 Å². The Balaban J connectivity index is 1.31. The maximum Gasteiger partial charge on any atom is 0.160 e. The molecule has 224 valence electrons. The van der Waals surface area contributed by atoms with E-state index >= 15 is 0 Å². The Morgan fingerprint density at radius 1 is 0.292 bits per heavy atom. The lowest BCUT2D eigenvalue weighted by atomic mass is 9.90. The van der Waals surface area contributed by atoms with Gasteiger partial charge >= 0.3 is 0 Å². The van der Waals surface area contributed by atoms with Gasteiger partial charge in [0.25, 0.3) is 0 Å². The molecule has 0 atom stereocenters. The highest BCUT2D eigenvalue weighted by Crippen LogP contribution is 2.41. The predicted molar refractivity (Wildman–Crippen MR) is 202 cm³/mol.